The van der Waals surface area contributed by atoms with Crippen molar-refractivity contribution in [2.75, 3.05) is 6.54 Å². The first-order valence-corrected chi connectivity index (χ1v) is 7.34. The minimum Gasteiger partial charge on any atom is -0.364 e. The van der Waals surface area contributed by atoms with Gasteiger partial charge in [-0.25, -0.2) is 9.55 Å². The van der Waals surface area contributed by atoms with Crippen LogP contribution in [-0.4, -0.2) is 26.2 Å². The lowest BCUT2D eigenvalue weighted by molar-refractivity contribution is -0.391. The summed E-state index contributed by atoms with van der Waals surface area (Å²) in [6.07, 6.45) is 6.77. The van der Waals surface area contributed by atoms with E-state index in [-0.39, 0.29) is 5.82 Å². The van der Waals surface area contributed by atoms with Crippen LogP contribution in [0.4, 0.5) is 5.82 Å². The fraction of sp³-hybridized carbons (Fsp3) is 0.571. The Morgan fingerprint density at radius 3 is 2.91 bits per heavy atom. The van der Waals surface area contributed by atoms with E-state index in [4.69, 9.17) is 10.3 Å². The monoisotopic (exact) mass is 307 g/mol. The Balaban J connectivity index is 2.05. The molecule has 0 aliphatic heterocycles. The molecule has 22 heavy (non-hydrogen) atoms. The normalized spacial score (nSPS) is 12.5. The number of rotatable bonds is 8. The number of nitrogens with zero attached hydrogens (tertiary/aromatic N) is 4. The first-order valence-electron chi connectivity index (χ1n) is 7.34. The standard InChI is InChI=1S/C14H21N5O3/c1-10(7-15)5-3-4-6-11-9-22-17-13(11)14-16-8-12(18(14)2)19(20)21/h8-10H,3-7,15H2,1-2H3. The summed E-state index contributed by atoms with van der Waals surface area (Å²) in [5.74, 6) is 0.908. The van der Waals surface area contributed by atoms with E-state index in [1.165, 1.54) is 10.8 Å². The number of hydrogen-bond donors (Lipinski definition) is 1. The summed E-state index contributed by atoms with van der Waals surface area (Å²) >= 11 is 0. The van der Waals surface area contributed by atoms with Crippen LogP contribution >= 0.6 is 0 Å². The van der Waals surface area contributed by atoms with Gasteiger partial charge in [0.2, 0.25) is 0 Å². The molecule has 0 saturated carbocycles. The zero-order chi connectivity index (χ0) is 16.1. The summed E-state index contributed by atoms with van der Waals surface area (Å²) in [5, 5.41) is 14.8. The van der Waals surface area contributed by atoms with Crippen molar-refractivity contribution in [1.29, 1.82) is 0 Å². The van der Waals surface area contributed by atoms with Gasteiger partial charge in [-0.2, -0.15) is 0 Å². The van der Waals surface area contributed by atoms with E-state index in [0.717, 1.165) is 31.2 Å². The van der Waals surface area contributed by atoms with Crippen molar-refractivity contribution in [2.45, 2.75) is 32.6 Å². The number of imidazole rings is 1. The number of aryl methyl sites for hydroxylation is 1. The lowest BCUT2D eigenvalue weighted by Gasteiger charge is -2.06. The van der Waals surface area contributed by atoms with Gasteiger partial charge in [0.25, 0.3) is 5.82 Å². The fourth-order valence-corrected chi connectivity index (χ4v) is 2.34. The van der Waals surface area contributed by atoms with Gasteiger partial charge in [-0.1, -0.05) is 18.5 Å². The van der Waals surface area contributed by atoms with Crippen LogP contribution in [0.25, 0.3) is 11.5 Å². The predicted molar refractivity (Wildman–Crippen MR) is 81.1 cm³/mol. The van der Waals surface area contributed by atoms with Crippen molar-refractivity contribution in [3.63, 3.8) is 0 Å². The smallest absolute Gasteiger partial charge is 0.342 e. The summed E-state index contributed by atoms with van der Waals surface area (Å²) in [6.45, 7) is 2.84. The molecule has 0 saturated heterocycles. The van der Waals surface area contributed by atoms with Crippen molar-refractivity contribution >= 4 is 5.82 Å². The molecule has 8 nitrogen and oxygen atoms in total. The molecule has 8 heteroatoms. The van der Waals surface area contributed by atoms with Crippen molar-refractivity contribution in [3.8, 4) is 11.5 Å². The topological polar surface area (TPSA) is 113 Å². The Bertz CT molecular complexity index is 634. The number of nitrogens with two attached hydrogens (primary N) is 1. The molecule has 0 radical (unpaired) electrons. The van der Waals surface area contributed by atoms with Gasteiger partial charge in [-0.05, 0) is 36.6 Å². The third-order valence-electron chi connectivity index (χ3n) is 3.80. The predicted octanol–water partition coefficient (Wildman–Crippen LogP) is 2.29. The van der Waals surface area contributed by atoms with Gasteiger partial charge in [0.05, 0.1) is 7.05 Å². The van der Waals surface area contributed by atoms with Gasteiger partial charge in [0.15, 0.2) is 5.69 Å². The maximum absolute atomic E-state index is 10.9. The van der Waals surface area contributed by atoms with Crippen molar-refractivity contribution < 1.29 is 9.45 Å². The molecule has 0 bridgehead atoms. The van der Waals surface area contributed by atoms with Gasteiger partial charge in [0, 0.05) is 5.56 Å². The zero-order valence-electron chi connectivity index (χ0n) is 12.9. The SMILES string of the molecule is CC(CN)CCCCc1conc1-c1ncc([N+](=O)[O-])n1C. The van der Waals surface area contributed by atoms with E-state index in [9.17, 15) is 10.1 Å². The van der Waals surface area contributed by atoms with Crippen molar-refractivity contribution in [1.82, 2.24) is 14.7 Å². The maximum atomic E-state index is 10.9. The minimum atomic E-state index is -0.468. The summed E-state index contributed by atoms with van der Waals surface area (Å²) in [5.41, 5.74) is 7.09. The average molecular weight is 307 g/mol. The summed E-state index contributed by atoms with van der Waals surface area (Å²) < 4.78 is 6.45. The minimum absolute atomic E-state index is 0.0688. The quantitative estimate of drug-likeness (QED) is 0.455. The molecule has 2 N–H and O–H groups in total. The molecule has 0 aliphatic rings. The average Bonchev–Trinajstić information content (AvgIpc) is 3.09. The number of nitro groups is 1. The highest BCUT2D eigenvalue weighted by Crippen LogP contribution is 2.25. The lowest BCUT2D eigenvalue weighted by Crippen LogP contribution is -2.10. The molecule has 120 valence electrons. The number of unbranched alkanes of at least 4 members (excludes halogenated alkanes) is 1. The molecular weight excluding hydrogens is 286 g/mol. The van der Waals surface area contributed by atoms with Crippen LogP contribution in [0.5, 0.6) is 0 Å². The second kappa shape index (κ2) is 7.17. The van der Waals surface area contributed by atoms with Gasteiger partial charge in [0.1, 0.15) is 12.5 Å². The Morgan fingerprint density at radius 1 is 1.50 bits per heavy atom. The number of aromatic nitrogens is 3. The summed E-state index contributed by atoms with van der Waals surface area (Å²) in [6, 6.07) is 0. The van der Waals surface area contributed by atoms with Crippen molar-refractivity contribution in [3.05, 3.63) is 28.1 Å². The lowest BCUT2D eigenvalue weighted by atomic mass is 10.0. The first-order chi connectivity index (χ1) is 10.5. The van der Waals surface area contributed by atoms with Crippen molar-refractivity contribution in [2.24, 2.45) is 18.7 Å². The van der Waals surface area contributed by atoms with Crippen LogP contribution in [0.15, 0.2) is 17.0 Å². The van der Waals surface area contributed by atoms with Crippen LogP contribution in [0.3, 0.4) is 0 Å². The second-order valence-electron chi connectivity index (χ2n) is 5.53. The maximum Gasteiger partial charge on any atom is 0.342 e. The Hall–Kier alpha value is -2.22. The van der Waals surface area contributed by atoms with E-state index in [1.807, 2.05) is 0 Å². The van der Waals surface area contributed by atoms with Crippen LogP contribution in [0.1, 0.15) is 31.7 Å². The molecule has 1 unspecified atom stereocenters. The fourth-order valence-electron chi connectivity index (χ4n) is 2.34. The third-order valence-corrected chi connectivity index (χ3v) is 3.80. The Kier molecular flexibility index (Phi) is 5.26. The third kappa shape index (κ3) is 3.51. The Morgan fingerprint density at radius 2 is 2.27 bits per heavy atom. The highest BCUT2D eigenvalue weighted by molar-refractivity contribution is 5.56. The van der Waals surface area contributed by atoms with E-state index in [2.05, 4.69) is 17.1 Å². The van der Waals surface area contributed by atoms with Gasteiger partial charge >= 0.3 is 5.82 Å². The van der Waals surface area contributed by atoms with Gasteiger partial charge in [-0.3, -0.25) is 0 Å². The molecule has 2 aromatic heterocycles. The molecule has 0 aliphatic carbocycles. The van der Waals surface area contributed by atoms with Crippen LogP contribution in [0, 0.1) is 16.0 Å². The summed E-state index contributed by atoms with van der Waals surface area (Å²) in [4.78, 5) is 14.5. The molecule has 2 rings (SSSR count). The molecule has 2 heterocycles. The second-order valence-corrected chi connectivity index (χ2v) is 5.53. The first kappa shape index (κ1) is 16.2. The molecule has 1 atom stereocenters. The molecular formula is C14H21N5O3. The largest absolute Gasteiger partial charge is 0.364 e. The van der Waals surface area contributed by atoms with Crippen LogP contribution in [0.2, 0.25) is 0 Å². The van der Waals surface area contributed by atoms with Gasteiger partial charge in [-0.15, -0.1) is 0 Å². The highest BCUT2D eigenvalue weighted by atomic mass is 16.6. The van der Waals surface area contributed by atoms with E-state index < -0.39 is 4.92 Å². The van der Waals surface area contributed by atoms with E-state index in [1.54, 1.807) is 13.3 Å². The molecule has 0 fully saturated rings. The molecule has 0 spiro atoms. The van der Waals surface area contributed by atoms with Gasteiger partial charge < -0.3 is 20.4 Å². The van der Waals surface area contributed by atoms with Crippen LogP contribution in [-0.2, 0) is 13.5 Å². The zero-order valence-corrected chi connectivity index (χ0v) is 12.9. The molecule has 2 aromatic rings. The highest BCUT2D eigenvalue weighted by Gasteiger charge is 2.23. The van der Waals surface area contributed by atoms with E-state index in [0.29, 0.717) is 24.0 Å². The number of hydrogen-bond acceptors (Lipinski definition) is 6. The van der Waals surface area contributed by atoms with Crippen LogP contribution < -0.4 is 5.73 Å². The summed E-state index contributed by atoms with van der Waals surface area (Å²) in [7, 11) is 1.60. The molecule has 0 aromatic carbocycles. The molecule has 0 amide bonds. The Labute approximate surface area is 128 Å². The van der Waals surface area contributed by atoms with E-state index >= 15 is 0 Å².